The van der Waals surface area contributed by atoms with E-state index >= 15 is 8.78 Å². The van der Waals surface area contributed by atoms with Gasteiger partial charge in [-0.25, -0.2) is 28.5 Å². The lowest BCUT2D eigenvalue weighted by atomic mass is 10.0. The summed E-state index contributed by atoms with van der Waals surface area (Å²) in [7, 11) is -2.25. The Morgan fingerprint density at radius 2 is 1.74 bits per heavy atom. The van der Waals surface area contributed by atoms with Gasteiger partial charge in [-0.1, -0.05) is 59.2 Å². The van der Waals surface area contributed by atoms with E-state index in [1.165, 1.54) is 23.9 Å². The maximum Gasteiger partial charge on any atom is 0.346 e. The first kappa shape index (κ1) is 30.1. The standard InChI is InChI=1S/C31H36F2N6OSSi/c1-16(2)42(17(3)4,18(5)6)14-12-20-22(32)9-10-23-24(20)27(37-30(40)35-23)28-25(33)26-21(15-34-31(38-26)41-8)29(36-28)39-13-11-19(39)7/h9-10,15-19H,11,13H2,1-8H3,(H,35,37,40)/t19-/m0/s1. The van der Waals surface area contributed by atoms with Gasteiger partial charge in [0.25, 0.3) is 0 Å². The van der Waals surface area contributed by atoms with Crippen molar-refractivity contribution in [2.45, 2.75) is 82.7 Å². The lowest BCUT2D eigenvalue weighted by Gasteiger charge is -2.40. The Kier molecular flexibility index (Phi) is 8.16. The van der Waals surface area contributed by atoms with E-state index in [4.69, 9.17) is 4.98 Å². The van der Waals surface area contributed by atoms with E-state index in [1.807, 2.05) is 6.26 Å². The molecule has 42 heavy (non-hydrogen) atoms. The monoisotopic (exact) mass is 606 g/mol. The number of thioether (sulfide) groups is 1. The van der Waals surface area contributed by atoms with Gasteiger partial charge >= 0.3 is 5.69 Å². The molecular formula is C31H36F2N6OSSi. The van der Waals surface area contributed by atoms with Gasteiger partial charge < -0.3 is 9.88 Å². The van der Waals surface area contributed by atoms with Gasteiger partial charge in [0, 0.05) is 24.2 Å². The molecule has 3 aromatic heterocycles. The van der Waals surface area contributed by atoms with E-state index in [1.54, 1.807) is 6.20 Å². The number of aromatic amines is 1. The molecular weight excluding hydrogens is 571 g/mol. The molecule has 0 bridgehead atoms. The molecule has 0 saturated carbocycles. The molecule has 1 saturated heterocycles. The average molecular weight is 607 g/mol. The van der Waals surface area contributed by atoms with Gasteiger partial charge in [-0.3, -0.25) is 0 Å². The number of anilines is 1. The molecule has 1 fully saturated rings. The molecule has 0 amide bonds. The van der Waals surface area contributed by atoms with Crippen LogP contribution in [-0.2, 0) is 0 Å². The molecule has 0 radical (unpaired) electrons. The molecule has 0 aliphatic carbocycles. The molecule has 220 valence electrons. The van der Waals surface area contributed by atoms with Crippen molar-refractivity contribution in [3.8, 4) is 22.9 Å². The highest BCUT2D eigenvalue weighted by Crippen LogP contribution is 2.42. The van der Waals surface area contributed by atoms with Crippen LogP contribution in [-0.4, -0.2) is 51.8 Å². The van der Waals surface area contributed by atoms with Crippen LogP contribution in [0.4, 0.5) is 14.6 Å². The summed E-state index contributed by atoms with van der Waals surface area (Å²) in [5.41, 5.74) is 4.12. The van der Waals surface area contributed by atoms with Crippen LogP contribution in [0.1, 0.15) is 60.5 Å². The topological polar surface area (TPSA) is 87.7 Å². The van der Waals surface area contributed by atoms with Gasteiger partial charge in [0.05, 0.1) is 16.5 Å². The molecule has 0 spiro atoms. The van der Waals surface area contributed by atoms with Crippen molar-refractivity contribution < 1.29 is 8.78 Å². The smallest absolute Gasteiger partial charge is 0.346 e. The largest absolute Gasteiger partial charge is 0.353 e. The van der Waals surface area contributed by atoms with Gasteiger partial charge in [-0.15, -0.1) is 5.54 Å². The van der Waals surface area contributed by atoms with Crippen molar-refractivity contribution in [3.05, 3.63) is 46.0 Å². The van der Waals surface area contributed by atoms with Crippen molar-refractivity contribution >= 4 is 47.5 Å². The Bertz CT molecular complexity index is 1790. The summed E-state index contributed by atoms with van der Waals surface area (Å²) in [6.45, 7) is 15.9. The van der Waals surface area contributed by atoms with Gasteiger partial charge in [0.1, 0.15) is 36.6 Å². The number of hydrogen-bond donors (Lipinski definition) is 1. The summed E-state index contributed by atoms with van der Waals surface area (Å²) in [4.78, 5) is 35.3. The number of hydrogen-bond acceptors (Lipinski definition) is 7. The second-order valence-corrected chi connectivity index (χ2v) is 18.3. The van der Waals surface area contributed by atoms with Gasteiger partial charge in [-0.2, -0.15) is 4.98 Å². The minimum Gasteiger partial charge on any atom is -0.353 e. The molecule has 5 rings (SSSR count). The predicted octanol–water partition coefficient (Wildman–Crippen LogP) is 7.10. The first-order valence-electron chi connectivity index (χ1n) is 14.3. The van der Waals surface area contributed by atoms with E-state index in [9.17, 15) is 4.79 Å². The Morgan fingerprint density at radius 1 is 1.05 bits per heavy atom. The minimum atomic E-state index is -2.25. The van der Waals surface area contributed by atoms with Crippen LogP contribution in [0.3, 0.4) is 0 Å². The molecule has 4 heterocycles. The van der Waals surface area contributed by atoms with E-state index < -0.39 is 25.4 Å². The minimum absolute atomic E-state index is 0.0541. The first-order valence-corrected chi connectivity index (χ1v) is 17.8. The first-order chi connectivity index (χ1) is 19.9. The summed E-state index contributed by atoms with van der Waals surface area (Å²) in [6, 6.07) is 2.93. The van der Waals surface area contributed by atoms with Crippen LogP contribution < -0.4 is 10.6 Å². The third-order valence-electron chi connectivity index (χ3n) is 8.76. The van der Waals surface area contributed by atoms with Crippen molar-refractivity contribution in [1.82, 2.24) is 24.9 Å². The fraction of sp³-hybridized carbons (Fsp3) is 0.452. The quantitative estimate of drug-likeness (QED) is 0.108. The highest BCUT2D eigenvalue weighted by Gasteiger charge is 2.42. The lowest BCUT2D eigenvalue weighted by molar-refractivity contribution is 0.477. The van der Waals surface area contributed by atoms with Crippen molar-refractivity contribution in [2.24, 2.45) is 0 Å². The zero-order valence-corrected chi connectivity index (χ0v) is 27.1. The van der Waals surface area contributed by atoms with Crippen LogP contribution in [0.15, 0.2) is 28.3 Å². The fourth-order valence-corrected chi connectivity index (χ4v) is 12.0. The number of halogens is 2. The van der Waals surface area contributed by atoms with E-state index in [2.05, 4.69) is 84.8 Å². The third-order valence-corrected chi connectivity index (χ3v) is 15.6. The van der Waals surface area contributed by atoms with Crippen LogP contribution in [0.2, 0.25) is 16.6 Å². The molecule has 1 N–H and O–H groups in total. The summed E-state index contributed by atoms with van der Waals surface area (Å²) < 4.78 is 32.2. The molecule has 4 aromatic rings. The number of benzene rings is 1. The zero-order chi connectivity index (χ0) is 30.5. The number of aromatic nitrogens is 5. The number of nitrogens with one attached hydrogen (secondary N) is 1. The maximum absolute atomic E-state index is 16.5. The van der Waals surface area contributed by atoms with E-state index in [-0.39, 0.29) is 33.9 Å². The molecule has 1 aromatic carbocycles. The lowest BCUT2D eigenvalue weighted by Crippen LogP contribution is -2.46. The Hall–Kier alpha value is -3.36. The molecule has 1 aliphatic rings. The molecule has 7 nitrogen and oxygen atoms in total. The van der Waals surface area contributed by atoms with Crippen molar-refractivity contribution in [2.75, 3.05) is 17.7 Å². The number of H-pyrrole nitrogens is 1. The Morgan fingerprint density at radius 3 is 2.31 bits per heavy atom. The third kappa shape index (κ3) is 4.88. The number of nitrogens with zero attached hydrogens (tertiary/aromatic N) is 5. The molecule has 0 unspecified atom stereocenters. The number of pyridine rings is 1. The Labute approximate surface area is 250 Å². The van der Waals surface area contributed by atoms with Crippen molar-refractivity contribution in [3.63, 3.8) is 0 Å². The van der Waals surface area contributed by atoms with Crippen LogP contribution in [0, 0.1) is 23.1 Å². The maximum atomic E-state index is 16.5. The highest BCUT2D eigenvalue weighted by atomic mass is 32.2. The zero-order valence-electron chi connectivity index (χ0n) is 25.3. The number of fused-ring (bicyclic) bond motifs is 2. The van der Waals surface area contributed by atoms with Gasteiger partial charge in [0.2, 0.25) is 0 Å². The SMILES string of the molecule is CSc1ncc2c(N3CC[C@@H]3C)nc(-c3nc(=O)[nH]c4ccc(F)c(C#C[Si](C(C)C)(C(C)C)C(C)C)c34)c(F)c2n1. The normalized spacial score (nSPS) is 15.5. The van der Waals surface area contributed by atoms with E-state index in [0.717, 1.165) is 13.0 Å². The molecule has 1 aliphatic heterocycles. The summed E-state index contributed by atoms with van der Waals surface area (Å²) in [6.07, 6.45) is 4.36. The summed E-state index contributed by atoms with van der Waals surface area (Å²) in [5.74, 6) is 2.41. The summed E-state index contributed by atoms with van der Waals surface area (Å²) in [5, 5.41) is 1.11. The summed E-state index contributed by atoms with van der Waals surface area (Å²) >= 11 is 1.30. The second kappa shape index (κ2) is 11.4. The number of rotatable bonds is 6. The van der Waals surface area contributed by atoms with Crippen LogP contribution in [0.25, 0.3) is 33.2 Å². The van der Waals surface area contributed by atoms with Gasteiger partial charge in [-0.05, 0) is 48.4 Å². The molecule has 11 heteroatoms. The van der Waals surface area contributed by atoms with Crippen molar-refractivity contribution in [1.29, 1.82) is 0 Å². The highest BCUT2D eigenvalue weighted by molar-refractivity contribution is 7.98. The van der Waals surface area contributed by atoms with Crippen LogP contribution >= 0.6 is 11.8 Å². The van der Waals surface area contributed by atoms with Gasteiger partial charge in [0.15, 0.2) is 11.0 Å². The van der Waals surface area contributed by atoms with E-state index in [0.29, 0.717) is 38.5 Å². The predicted molar refractivity (Wildman–Crippen MR) is 170 cm³/mol. The average Bonchev–Trinajstić information content (AvgIpc) is 2.93. The fourth-order valence-electron chi connectivity index (χ4n) is 6.45. The second-order valence-electron chi connectivity index (χ2n) is 11.9. The van der Waals surface area contributed by atoms with Crippen LogP contribution in [0.5, 0.6) is 0 Å². The molecule has 1 atom stereocenters. The Balaban J connectivity index is 1.88.